The van der Waals surface area contributed by atoms with Gasteiger partial charge in [0.1, 0.15) is 5.75 Å². The number of hydrogen-bond donors (Lipinski definition) is 1. The Labute approximate surface area is 130 Å². The Morgan fingerprint density at radius 2 is 1.86 bits per heavy atom. The second-order valence-electron chi connectivity index (χ2n) is 4.81. The maximum atomic E-state index is 12.3. The van der Waals surface area contributed by atoms with Crippen molar-refractivity contribution in [2.75, 3.05) is 5.75 Å². The van der Waals surface area contributed by atoms with Gasteiger partial charge >= 0.3 is 6.72 Å². The highest BCUT2D eigenvalue weighted by Gasteiger charge is 2.20. The van der Waals surface area contributed by atoms with Crippen molar-refractivity contribution in [3.8, 4) is 16.9 Å². The molecular formula is C16H20NO2PS. The molecule has 0 saturated heterocycles. The van der Waals surface area contributed by atoms with Crippen LogP contribution < -0.4 is 10.0 Å². The van der Waals surface area contributed by atoms with Gasteiger partial charge in [-0.1, -0.05) is 49.4 Å². The van der Waals surface area contributed by atoms with E-state index in [2.05, 4.69) is 0 Å². The summed E-state index contributed by atoms with van der Waals surface area (Å²) in [5.74, 6) is 1.32. The molecule has 0 aliphatic heterocycles. The number of rotatable bonds is 6. The zero-order valence-electron chi connectivity index (χ0n) is 12.3. The summed E-state index contributed by atoms with van der Waals surface area (Å²) in [6, 6.07) is 15.9. The van der Waals surface area contributed by atoms with E-state index < -0.39 is 6.72 Å². The molecule has 1 atom stereocenters. The monoisotopic (exact) mass is 321 g/mol. The molecule has 0 aliphatic rings. The van der Waals surface area contributed by atoms with Gasteiger partial charge in [0.2, 0.25) is 0 Å². The molecule has 0 bridgehead atoms. The lowest BCUT2D eigenvalue weighted by molar-refractivity contribution is 0.499. The van der Waals surface area contributed by atoms with Crippen molar-refractivity contribution < 1.29 is 9.09 Å². The average molecular weight is 321 g/mol. The summed E-state index contributed by atoms with van der Waals surface area (Å²) < 4.78 is 17.9. The van der Waals surface area contributed by atoms with Crippen LogP contribution in [0.15, 0.2) is 48.5 Å². The summed E-state index contributed by atoms with van der Waals surface area (Å²) in [6.07, 6.45) is 0.915. The van der Waals surface area contributed by atoms with Crippen LogP contribution in [0.1, 0.15) is 18.9 Å². The van der Waals surface area contributed by atoms with E-state index in [9.17, 15) is 4.57 Å². The molecule has 2 rings (SSSR count). The van der Waals surface area contributed by atoms with Crippen LogP contribution >= 0.6 is 18.1 Å². The lowest BCUT2D eigenvalue weighted by Gasteiger charge is -2.16. The summed E-state index contributed by atoms with van der Waals surface area (Å²) in [7, 11) is 0. The van der Waals surface area contributed by atoms with Gasteiger partial charge in [-0.05, 0) is 47.5 Å². The zero-order valence-corrected chi connectivity index (χ0v) is 14.0. The Bertz CT molecular complexity index is 646. The first-order valence-corrected chi connectivity index (χ1v) is 10.2. The number of aryl methyl sites for hydroxylation is 1. The molecule has 0 fully saturated rings. The van der Waals surface area contributed by atoms with Gasteiger partial charge < -0.3 is 4.52 Å². The Morgan fingerprint density at radius 3 is 2.52 bits per heavy atom. The summed E-state index contributed by atoms with van der Waals surface area (Å²) in [5.41, 5.74) is 8.83. The Hall–Kier alpha value is -1.22. The van der Waals surface area contributed by atoms with Crippen LogP contribution in [0.25, 0.3) is 11.1 Å². The molecule has 5 heteroatoms. The first-order chi connectivity index (χ1) is 10.0. The minimum Gasteiger partial charge on any atom is -0.425 e. The van der Waals surface area contributed by atoms with Gasteiger partial charge in [0.05, 0.1) is 0 Å². The normalized spacial score (nSPS) is 13.7. The summed E-state index contributed by atoms with van der Waals surface area (Å²) >= 11 is 1.20. The van der Waals surface area contributed by atoms with E-state index in [1.54, 1.807) is 0 Å². The topological polar surface area (TPSA) is 52.3 Å². The second kappa shape index (κ2) is 7.17. The van der Waals surface area contributed by atoms with Gasteiger partial charge in [0, 0.05) is 5.75 Å². The van der Waals surface area contributed by atoms with Crippen LogP contribution in [0.2, 0.25) is 0 Å². The number of hydrogen-bond acceptors (Lipinski definition) is 3. The van der Waals surface area contributed by atoms with Gasteiger partial charge in [-0.3, -0.25) is 0 Å². The van der Waals surface area contributed by atoms with Gasteiger partial charge in [-0.25, -0.2) is 10.1 Å². The molecule has 112 valence electrons. The summed E-state index contributed by atoms with van der Waals surface area (Å²) in [6.45, 7) is 0.795. The third kappa shape index (κ3) is 4.63. The first kappa shape index (κ1) is 16.2. The fourth-order valence-corrected chi connectivity index (χ4v) is 4.56. The van der Waals surface area contributed by atoms with Crippen LogP contribution in [0.5, 0.6) is 5.75 Å². The van der Waals surface area contributed by atoms with Gasteiger partial charge in [-0.15, -0.1) is 0 Å². The van der Waals surface area contributed by atoms with E-state index in [0.717, 1.165) is 28.9 Å². The molecule has 3 nitrogen and oxygen atoms in total. The smallest absolute Gasteiger partial charge is 0.371 e. The molecule has 0 amide bonds. The summed E-state index contributed by atoms with van der Waals surface area (Å²) in [5, 5.41) is 0. The number of benzene rings is 2. The molecule has 1 unspecified atom stereocenters. The average Bonchev–Trinajstić information content (AvgIpc) is 2.48. The Morgan fingerprint density at radius 1 is 1.14 bits per heavy atom. The summed E-state index contributed by atoms with van der Waals surface area (Å²) in [4.78, 5) is 0. The molecular weight excluding hydrogens is 301 g/mol. The number of nitrogens with two attached hydrogens (primary N) is 1. The predicted octanol–water partition coefficient (Wildman–Crippen LogP) is 5.25. The SMILES string of the molecule is CCCSP(N)(=O)Oc1cc(-c2ccccc2)ccc1C. The fraction of sp³-hybridized carbons (Fsp3) is 0.250. The molecule has 2 aromatic carbocycles. The minimum absolute atomic E-state index is 0.589. The van der Waals surface area contributed by atoms with Gasteiger partial charge in [0.25, 0.3) is 0 Å². The molecule has 0 aromatic heterocycles. The van der Waals surface area contributed by atoms with E-state index in [0.29, 0.717) is 5.75 Å². The van der Waals surface area contributed by atoms with Crippen LogP contribution in [-0.2, 0) is 4.57 Å². The van der Waals surface area contributed by atoms with Crippen molar-refractivity contribution in [1.82, 2.24) is 0 Å². The molecule has 0 spiro atoms. The third-order valence-corrected chi connectivity index (χ3v) is 6.25. The van der Waals surface area contributed by atoms with Crippen molar-refractivity contribution in [3.05, 3.63) is 54.1 Å². The minimum atomic E-state index is -3.15. The predicted molar refractivity (Wildman–Crippen MR) is 91.8 cm³/mol. The largest absolute Gasteiger partial charge is 0.425 e. The lowest BCUT2D eigenvalue weighted by atomic mass is 10.0. The molecule has 2 aromatic rings. The van der Waals surface area contributed by atoms with Crippen molar-refractivity contribution in [2.24, 2.45) is 5.50 Å². The molecule has 21 heavy (non-hydrogen) atoms. The Balaban J connectivity index is 2.26. The van der Waals surface area contributed by atoms with Crippen LogP contribution in [0.4, 0.5) is 0 Å². The molecule has 0 heterocycles. The maximum absolute atomic E-state index is 12.3. The second-order valence-corrected chi connectivity index (χ2v) is 9.04. The molecule has 0 radical (unpaired) electrons. The molecule has 2 N–H and O–H groups in total. The highest BCUT2D eigenvalue weighted by molar-refractivity contribution is 8.56. The van der Waals surface area contributed by atoms with Gasteiger partial charge in [-0.2, -0.15) is 0 Å². The Kier molecular flexibility index (Phi) is 5.51. The van der Waals surface area contributed by atoms with Crippen molar-refractivity contribution in [3.63, 3.8) is 0 Å². The van der Waals surface area contributed by atoms with E-state index >= 15 is 0 Å². The van der Waals surface area contributed by atoms with E-state index in [1.165, 1.54) is 11.4 Å². The van der Waals surface area contributed by atoms with E-state index in [4.69, 9.17) is 10.0 Å². The van der Waals surface area contributed by atoms with Crippen molar-refractivity contribution in [1.29, 1.82) is 0 Å². The van der Waals surface area contributed by atoms with Crippen LogP contribution in [0, 0.1) is 6.92 Å². The van der Waals surface area contributed by atoms with Crippen LogP contribution in [0.3, 0.4) is 0 Å². The molecule has 0 saturated carbocycles. The maximum Gasteiger partial charge on any atom is 0.371 e. The van der Waals surface area contributed by atoms with Crippen LogP contribution in [-0.4, -0.2) is 5.75 Å². The van der Waals surface area contributed by atoms with E-state index in [-0.39, 0.29) is 0 Å². The highest BCUT2D eigenvalue weighted by atomic mass is 32.7. The first-order valence-electron chi connectivity index (χ1n) is 6.90. The zero-order chi connectivity index (χ0) is 15.3. The van der Waals surface area contributed by atoms with E-state index in [1.807, 2.05) is 62.4 Å². The fourth-order valence-electron chi connectivity index (χ4n) is 1.89. The molecule has 0 aliphatic carbocycles. The quantitative estimate of drug-likeness (QED) is 0.738. The van der Waals surface area contributed by atoms with Gasteiger partial charge in [0.15, 0.2) is 0 Å². The third-order valence-electron chi connectivity index (χ3n) is 3.00. The highest BCUT2D eigenvalue weighted by Crippen LogP contribution is 2.52. The van der Waals surface area contributed by atoms with Crippen molar-refractivity contribution in [2.45, 2.75) is 20.3 Å². The lowest BCUT2D eigenvalue weighted by Crippen LogP contribution is -2.01. The van der Waals surface area contributed by atoms with Crippen molar-refractivity contribution >= 4 is 18.1 Å². The standard InChI is InChI=1S/C16H20NO2PS/c1-3-11-21-20(17,18)19-16-12-15(10-9-13(16)2)14-7-5-4-6-8-14/h4-10,12H,3,11H2,1-2H3,(H2,17,18).